The number of nitrogens with zero attached hydrogens (tertiary/aromatic N) is 2. The van der Waals surface area contributed by atoms with Crippen LogP contribution in [0.4, 0.5) is 0 Å². The van der Waals surface area contributed by atoms with Gasteiger partial charge >= 0.3 is 0 Å². The minimum atomic E-state index is 0.141. The summed E-state index contributed by atoms with van der Waals surface area (Å²) in [6, 6.07) is 5.75. The van der Waals surface area contributed by atoms with E-state index in [4.69, 9.17) is 23.2 Å². The van der Waals surface area contributed by atoms with Crippen molar-refractivity contribution in [3.05, 3.63) is 33.8 Å². The molecule has 0 unspecified atom stereocenters. The first-order valence-corrected chi connectivity index (χ1v) is 10.1. The summed E-state index contributed by atoms with van der Waals surface area (Å²) in [5, 5.41) is 1.15. The van der Waals surface area contributed by atoms with Crippen molar-refractivity contribution >= 4 is 29.1 Å². The molecule has 1 aromatic rings. The Morgan fingerprint density at radius 2 is 1.92 bits per heavy atom. The third-order valence-corrected chi connectivity index (χ3v) is 6.36. The van der Waals surface area contributed by atoms with E-state index in [0.717, 1.165) is 50.4 Å². The molecular weight excluding hydrogens is 355 g/mol. The predicted molar refractivity (Wildman–Crippen MR) is 104 cm³/mol. The highest BCUT2D eigenvalue weighted by Crippen LogP contribution is 2.49. The Morgan fingerprint density at radius 3 is 2.56 bits per heavy atom. The molecule has 1 aliphatic heterocycles. The lowest BCUT2D eigenvalue weighted by atomic mass is 9.92. The number of hydrogen-bond donors (Lipinski definition) is 0. The second kappa shape index (κ2) is 8.28. The molecule has 3 nitrogen and oxygen atoms in total. The number of halogens is 2. The first kappa shape index (κ1) is 19.0. The van der Waals surface area contributed by atoms with Crippen LogP contribution in [0.1, 0.15) is 43.6 Å². The summed E-state index contributed by atoms with van der Waals surface area (Å²) in [6.07, 6.45) is 5.80. The number of rotatable bonds is 6. The fourth-order valence-corrected chi connectivity index (χ4v) is 4.26. The van der Waals surface area contributed by atoms with E-state index in [2.05, 4.69) is 23.9 Å². The maximum Gasteiger partial charge on any atom is 0.226 e. The molecule has 0 N–H and O–H groups in total. The first-order chi connectivity index (χ1) is 12.0. The molecule has 3 rings (SSSR count). The second-order valence-electron chi connectivity index (χ2n) is 7.84. The van der Waals surface area contributed by atoms with E-state index in [-0.39, 0.29) is 5.92 Å². The number of likely N-dealkylation sites (tertiary alicyclic amines) is 1. The van der Waals surface area contributed by atoms with Crippen molar-refractivity contribution in [3.63, 3.8) is 0 Å². The molecule has 1 aromatic carbocycles. The molecule has 0 spiro atoms. The van der Waals surface area contributed by atoms with Crippen LogP contribution in [-0.2, 0) is 4.79 Å². The molecule has 1 heterocycles. The topological polar surface area (TPSA) is 23.6 Å². The van der Waals surface area contributed by atoms with Gasteiger partial charge in [-0.15, -0.1) is 0 Å². The van der Waals surface area contributed by atoms with Gasteiger partial charge in [-0.1, -0.05) is 29.3 Å². The zero-order valence-electron chi connectivity index (χ0n) is 15.2. The van der Waals surface area contributed by atoms with Crippen molar-refractivity contribution in [3.8, 4) is 0 Å². The van der Waals surface area contributed by atoms with Gasteiger partial charge in [0.05, 0.1) is 10.0 Å². The maximum atomic E-state index is 12.8. The van der Waals surface area contributed by atoms with Gasteiger partial charge in [-0.25, -0.2) is 0 Å². The maximum absolute atomic E-state index is 12.8. The van der Waals surface area contributed by atoms with Gasteiger partial charge in [-0.2, -0.15) is 0 Å². The van der Waals surface area contributed by atoms with Crippen LogP contribution in [0.3, 0.4) is 0 Å². The fraction of sp³-hybridized carbons (Fsp3) is 0.650. The van der Waals surface area contributed by atoms with Crippen molar-refractivity contribution in [2.45, 2.75) is 38.0 Å². The minimum Gasteiger partial charge on any atom is -0.342 e. The number of hydrogen-bond acceptors (Lipinski definition) is 2. The van der Waals surface area contributed by atoms with Crippen LogP contribution in [0.5, 0.6) is 0 Å². The Balaban J connectivity index is 1.45. The monoisotopic (exact) mass is 382 g/mol. The van der Waals surface area contributed by atoms with Gasteiger partial charge in [0.15, 0.2) is 0 Å². The zero-order valence-corrected chi connectivity index (χ0v) is 16.7. The summed E-state index contributed by atoms with van der Waals surface area (Å²) in [5.74, 6) is 1.58. The average Bonchev–Trinajstić information content (AvgIpc) is 3.38. The summed E-state index contributed by atoms with van der Waals surface area (Å²) >= 11 is 12.1. The highest BCUT2D eigenvalue weighted by atomic mass is 35.5. The summed E-state index contributed by atoms with van der Waals surface area (Å²) < 4.78 is 0. The quantitative estimate of drug-likeness (QED) is 0.712. The number of amides is 1. The number of carbonyl (C=O) groups excluding carboxylic acids is 1. The standard InChI is InChI=1S/C20H28Cl2N2O/c1-23(2)9-3-4-14-7-10-24(11-8-14)20(25)17-13-16(17)15-5-6-18(21)19(22)12-15/h5-6,12,14,16-17H,3-4,7-11,13H2,1-2H3/t16-,17-/m1/s1. The van der Waals surface area contributed by atoms with Crippen LogP contribution in [0, 0.1) is 11.8 Å². The Labute approximate surface area is 161 Å². The molecule has 0 bridgehead atoms. The summed E-state index contributed by atoms with van der Waals surface area (Å²) in [5.41, 5.74) is 1.14. The molecule has 25 heavy (non-hydrogen) atoms. The molecule has 1 saturated carbocycles. The molecular formula is C20H28Cl2N2O. The Hall–Kier alpha value is -0.770. The summed E-state index contributed by atoms with van der Waals surface area (Å²) in [7, 11) is 4.25. The molecule has 2 fully saturated rings. The number of carbonyl (C=O) groups is 1. The Bertz CT molecular complexity index is 612. The Morgan fingerprint density at radius 1 is 1.20 bits per heavy atom. The van der Waals surface area contributed by atoms with E-state index in [1.165, 1.54) is 12.8 Å². The molecule has 2 aliphatic rings. The van der Waals surface area contributed by atoms with Gasteiger partial charge in [-0.05, 0) is 82.3 Å². The molecule has 2 atom stereocenters. The van der Waals surface area contributed by atoms with Gasteiger partial charge in [0.1, 0.15) is 0 Å². The van der Waals surface area contributed by atoms with Crippen molar-refractivity contribution in [2.75, 3.05) is 33.7 Å². The van der Waals surface area contributed by atoms with Crippen LogP contribution in [0.15, 0.2) is 18.2 Å². The van der Waals surface area contributed by atoms with Crippen molar-refractivity contribution < 1.29 is 4.79 Å². The summed E-state index contributed by atoms with van der Waals surface area (Å²) in [6.45, 7) is 3.01. The number of piperidine rings is 1. The van der Waals surface area contributed by atoms with Crippen LogP contribution in [0.2, 0.25) is 10.0 Å². The van der Waals surface area contributed by atoms with E-state index < -0.39 is 0 Å². The van der Waals surface area contributed by atoms with Gasteiger partial charge in [0, 0.05) is 19.0 Å². The lowest BCUT2D eigenvalue weighted by Gasteiger charge is -2.32. The highest BCUT2D eigenvalue weighted by molar-refractivity contribution is 6.42. The average molecular weight is 383 g/mol. The molecule has 5 heteroatoms. The van der Waals surface area contributed by atoms with E-state index in [9.17, 15) is 4.79 Å². The van der Waals surface area contributed by atoms with Crippen LogP contribution >= 0.6 is 23.2 Å². The van der Waals surface area contributed by atoms with Gasteiger partial charge in [-0.3, -0.25) is 4.79 Å². The first-order valence-electron chi connectivity index (χ1n) is 9.34. The SMILES string of the molecule is CN(C)CCCC1CCN(C(=O)[C@@H]2C[C@@H]2c2ccc(Cl)c(Cl)c2)CC1. The third kappa shape index (κ3) is 4.90. The van der Waals surface area contributed by atoms with Gasteiger partial charge in [0.25, 0.3) is 0 Å². The molecule has 1 saturated heterocycles. The minimum absolute atomic E-state index is 0.141. The van der Waals surface area contributed by atoms with Gasteiger partial charge in [0.2, 0.25) is 5.91 Å². The third-order valence-electron chi connectivity index (χ3n) is 5.62. The normalized spacial score (nSPS) is 24.0. The van der Waals surface area contributed by atoms with Crippen LogP contribution < -0.4 is 0 Å². The van der Waals surface area contributed by atoms with Crippen LogP contribution in [-0.4, -0.2) is 49.4 Å². The van der Waals surface area contributed by atoms with E-state index >= 15 is 0 Å². The fourth-order valence-electron chi connectivity index (χ4n) is 3.95. The Kier molecular flexibility index (Phi) is 6.30. The van der Waals surface area contributed by atoms with Crippen molar-refractivity contribution in [1.82, 2.24) is 9.80 Å². The molecule has 1 amide bonds. The smallest absolute Gasteiger partial charge is 0.226 e. The molecule has 0 aromatic heterocycles. The predicted octanol–water partition coefficient (Wildman–Crippen LogP) is 4.68. The van der Waals surface area contributed by atoms with E-state index in [1.807, 2.05) is 18.2 Å². The van der Waals surface area contributed by atoms with Crippen molar-refractivity contribution in [2.24, 2.45) is 11.8 Å². The number of benzene rings is 1. The molecule has 138 valence electrons. The lowest BCUT2D eigenvalue weighted by Crippen LogP contribution is -2.39. The van der Waals surface area contributed by atoms with E-state index in [1.54, 1.807) is 0 Å². The van der Waals surface area contributed by atoms with Crippen LogP contribution in [0.25, 0.3) is 0 Å². The largest absolute Gasteiger partial charge is 0.342 e. The molecule has 1 aliphatic carbocycles. The van der Waals surface area contributed by atoms with Crippen molar-refractivity contribution in [1.29, 1.82) is 0 Å². The highest BCUT2D eigenvalue weighted by Gasteiger charge is 2.46. The lowest BCUT2D eigenvalue weighted by molar-refractivity contribution is -0.134. The second-order valence-corrected chi connectivity index (χ2v) is 8.65. The van der Waals surface area contributed by atoms with Gasteiger partial charge < -0.3 is 9.80 Å². The van der Waals surface area contributed by atoms with E-state index in [0.29, 0.717) is 21.9 Å². The molecule has 0 radical (unpaired) electrons. The summed E-state index contributed by atoms with van der Waals surface area (Å²) in [4.78, 5) is 17.1. The zero-order chi connectivity index (χ0) is 18.0.